The number of rotatable bonds is 5. The summed E-state index contributed by atoms with van der Waals surface area (Å²) in [6.07, 6.45) is 1.36. The first-order chi connectivity index (χ1) is 14.4. The number of halogens is 2. The van der Waals surface area contributed by atoms with E-state index in [9.17, 15) is 18.4 Å². The normalized spacial score (nSPS) is 11.0. The summed E-state index contributed by atoms with van der Waals surface area (Å²) in [6.45, 7) is 0.126. The molecule has 0 aliphatic heterocycles. The monoisotopic (exact) mass is 425 g/mol. The van der Waals surface area contributed by atoms with E-state index in [0.717, 1.165) is 5.56 Å². The molecular formula is C22H17F2N3O2S. The Hall–Kier alpha value is -3.39. The van der Waals surface area contributed by atoms with Crippen molar-refractivity contribution in [1.82, 2.24) is 14.5 Å². The molecule has 2 aromatic carbocycles. The smallest absolute Gasteiger partial charge is 0.263 e. The quantitative estimate of drug-likeness (QED) is 0.485. The predicted molar refractivity (Wildman–Crippen MR) is 112 cm³/mol. The molecule has 0 spiro atoms. The molecule has 0 saturated carbocycles. The minimum atomic E-state index is -0.358. The number of benzene rings is 2. The third-order valence-electron chi connectivity index (χ3n) is 4.78. The molecule has 2 aromatic heterocycles. The van der Waals surface area contributed by atoms with Crippen molar-refractivity contribution in [2.24, 2.45) is 0 Å². The number of hydrogen-bond acceptors (Lipinski definition) is 4. The maximum atomic E-state index is 13.2. The van der Waals surface area contributed by atoms with Gasteiger partial charge in [0.2, 0.25) is 5.91 Å². The minimum Gasteiger partial charge on any atom is -0.340 e. The third kappa shape index (κ3) is 3.99. The van der Waals surface area contributed by atoms with Gasteiger partial charge in [0.25, 0.3) is 5.56 Å². The first kappa shape index (κ1) is 19.9. The highest BCUT2D eigenvalue weighted by atomic mass is 32.1. The summed E-state index contributed by atoms with van der Waals surface area (Å²) in [6, 6.07) is 11.8. The Morgan fingerprint density at radius 3 is 2.37 bits per heavy atom. The molecule has 30 heavy (non-hydrogen) atoms. The second kappa shape index (κ2) is 8.16. The number of amides is 1. The zero-order valence-electron chi connectivity index (χ0n) is 16.0. The molecule has 0 bridgehead atoms. The van der Waals surface area contributed by atoms with E-state index >= 15 is 0 Å². The van der Waals surface area contributed by atoms with Crippen molar-refractivity contribution in [2.45, 2.75) is 13.1 Å². The van der Waals surface area contributed by atoms with Crippen LogP contribution in [-0.4, -0.2) is 27.4 Å². The van der Waals surface area contributed by atoms with Gasteiger partial charge in [-0.3, -0.25) is 14.2 Å². The van der Waals surface area contributed by atoms with E-state index in [1.165, 1.54) is 51.4 Å². The van der Waals surface area contributed by atoms with E-state index in [0.29, 0.717) is 27.9 Å². The Morgan fingerprint density at radius 1 is 1.07 bits per heavy atom. The summed E-state index contributed by atoms with van der Waals surface area (Å²) >= 11 is 1.32. The Kier molecular flexibility index (Phi) is 5.41. The van der Waals surface area contributed by atoms with Crippen LogP contribution in [0.3, 0.4) is 0 Å². The van der Waals surface area contributed by atoms with Crippen LogP contribution in [-0.2, 0) is 17.9 Å². The van der Waals surface area contributed by atoms with Crippen molar-refractivity contribution in [3.8, 4) is 11.1 Å². The molecule has 0 atom stereocenters. The SMILES string of the molecule is CN(Cc1ccc(F)cc1)C(=O)Cn1cnc2scc(-c3ccc(F)cc3)c2c1=O. The van der Waals surface area contributed by atoms with Crippen LogP contribution in [0.4, 0.5) is 8.78 Å². The van der Waals surface area contributed by atoms with Gasteiger partial charge >= 0.3 is 0 Å². The van der Waals surface area contributed by atoms with Crippen LogP contribution in [0.25, 0.3) is 21.3 Å². The van der Waals surface area contributed by atoms with Crippen LogP contribution < -0.4 is 5.56 Å². The summed E-state index contributed by atoms with van der Waals surface area (Å²) in [5, 5.41) is 2.21. The van der Waals surface area contributed by atoms with Crippen molar-refractivity contribution >= 4 is 27.5 Å². The zero-order chi connectivity index (χ0) is 21.3. The van der Waals surface area contributed by atoms with Gasteiger partial charge in [0, 0.05) is 24.5 Å². The highest BCUT2D eigenvalue weighted by molar-refractivity contribution is 7.17. The number of nitrogens with zero attached hydrogens (tertiary/aromatic N) is 3. The maximum Gasteiger partial charge on any atom is 0.263 e. The van der Waals surface area contributed by atoms with Gasteiger partial charge in [-0.05, 0) is 35.4 Å². The molecule has 0 fully saturated rings. The highest BCUT2D eigenvalue weighted by Gasteiger charge is 2.16. The van der Waals surface area contributed by atoms with Gasteiger partial charge in [-0.25, -0.2) is 13.8 Å². The summed E-state index contributed by atoms with van der Waals surface area (Å²) in [5.41, 5.74) is 1.82. The fourth-order valence-electron chi connectivity index (χ4n) is 3.14. The average Bonchev–Trinajstić information content (AvgIpc) is 3.17. The topological polar surface area (TPSA) is 55.2 Å². The first-order valence-electron chi connectivity index (χ1n) is 9.13. The van der Waals surface area contributed by atoms with Crippen LogP contribution in [0.15, 0.2) is 65.0 Å². The third-order valence-corrected chi connectivity index (χ3v) is 5.67. The van der Waals surface area contributed by atoms with Crippen LogP contribution in [0.1, 0.15) is 5.56 Å². The molecule has 0 aliphatic carbocycles. The van der Waals surface area contributed by atoms with Crippen molar-refractivity contribution < 1.29 is 13.6 Å². The molecule has 1 amide bonds. The lowest BCUT2D eigenvalue weighted by molar-refractivity contribution is -0.131. The molecule has 0 N–H and O–H groups in total. The number of likely N-dealkylation sites (N-methyl/N-ethyl adjacent to an activating group) is 1. The molecule has 5 nitrogen and oxygen atoms in total. The molecule has 0 aliphatic rings. The van der Waals surface area contributed by atoms with E-state index in [1.54, 1.807) is 36.7 Å². The number of fused-ring (bicyclic) bond motifs is 1. The number of carbonyl (C=O) groups is 1. The lowest BCUT2D eigenvalue weighted by Gasteiger charge is -2.18. The molecule has 152 valence electrons. The molecule has 0 radical (unpaired) electrons. The Labute approximate surface area is 174 Å². The van der Waals surface area contributed by atoms with Crippen LogP contribution in [0.5, 0.6) is 0 Å². The van der Waals surface area contributed by atoms with E-state index in [1.807, 2.05) is 0 Å². The molecular weight excluding hydrogens is 408 g/mol. The van der Waals surface area contributed by atoms with Crippen LogP contribution in [0.2, 0.25) is 0 Å². The van der Waals surface area contributed by atoms with Gasteiger partial charge < -0.3 is 4.90 Å². The molecule has 4 aromatic rings. The fourth-order valence-corrected chi connectivity index (χ4v) is 4.05. The molecule has 0 unspecified atom stereocenters. The van der Waals surface area contributed by atoms with Gasteiger partial charge in [0.05, 0.1) is 11.7 Å². The second-order valence-corrected chi connectivity index (χ2v) is 7.75. The van der Waals surface area contributed by atoms with E-state index in [-0.39, 0.29) is 29.6 Å². The Bertz CT molecular complexity index is 1260. The van der Waals surface area contributed by atoms with E-state index in [2.05, 4.69) is 4.98 Å². The van der Waals surface area contributed by atoms with Gasteiger partial charge in [-0.1, -0.05) is 24.3 Å². The van der Waals surface area contributed by atoms with Gasteiger partial charge in [-0.15, -0.1) is 11.3 Å². The average molecular weight is 425 g/mol. The van der Waals surface area contributed by atoms with Crippen molar-refractivity contribution in [3.05, 3.63) is 87.8 Å². The van der Waals surface area contributed by atoms with Crippen LogP contribution >= 0.6 is 11.3 Å². The highest BCUT2D eigenvalue weighted by Crippen LogP contribution is 2.30. The Balaban J connectivity index is 1.59. The lowest BCUT2D eigenvalue weighted by atomic mass is 10.1. The van der Waals surface area contributed by atoms with Crippen LogP contribution in [0, 0.1) is 11.6 Å². The van der Waals surface area contributed by atoms with Crippen molar-refractivity contribution in [2.75, 3.05) is 7.05 Å². The molecule has 8 heteroatoms. The van der Waals surface area contributed by atoms with Gasteiger partial charge in [0.1, 0.15) is 23.0 Å². The molecule has 2 heterocycles. The van der Waals surface area contributed by atoms with Gasteiger partial charge in [-0.2, -0.15) is 0 Å². The fraction of sp³-hybridized carbons (Fsp3) is 0.136. The largest absolute Gasteiger partial charge is 0.340 e. The van der Waals surface area contributed by atoms with Crippen molar-refractivity contribution in [1.29, 1.82) is 0 Å². The summed E-state index contributed by atoms with van der Waals surface area (Å²) in [4.78, 5) is 32.0. The number of carbonyl (C=O) groups excluding carboxylic acids is 1. The standard InChI is InChI=1S/C22H17F2N3O2S/c1-26(10-14-2-6-16(23)7-3-14)19(28)11-27-13-25-21-20(22(27)29)18(12-30-21)15-4-8-17(24)9-5-15/h2-9,12-13H,10-11H2,1H3. The summed E-state index contributed by atoms with van der Waals surface area (Å²) < 4.78 is 27.6. The van der Waals surface area contributed by atoms with E-state index in [4.69, 9.17) is 0 Å². The molecule has 4 rings (SSSR count). The number of hydrogen-bond donors (Lipinski definition) is 0. The zero-order valence-corrected chi connectivity index (χ0v) is 16.8. The number of aromatic nitrogens is 2. The summed E-state index contributed by atoms with van der Waals surface area (Å²) in [7, 11) is 1.62. The number of thiophene rings is 1. The first-order valence-corrected chi connectivity index (χ1v) is 10.0. The van der Waals surface area contributed by atoms with Gasteiger partial charge in [0.15, 0.2) is 0 Å². The summed E-state index contributed by atoms with van der Waals surface area (Å²) in [5.74, 6) is -0.976. The Morgan fingerprint density at radius 2 is 1.70 bits per heavy atom. The second-order valence-electron chi connectivity index (χ2n) is 6.89. The predicted octanol–water partition coefficient (Wildman–Crippen LogP) is 4.06. The molecule has 0 saturated heterocycles. The van der Waals surface area contributed by atoms with E-state index < -0.39 is 0 Å². The lowest BCUT2D eigenvalue weighted by Crippen LogP contribution is -2.33. The minimum absolute atomic E-state index is 0.168. The van der Waals surface area contributed by atoms with Crippen molar-refractivity contribution in [3.63, 3.8) is 0 Å². The maximum absolute atomic E-state index is 13.2.